The Morgan fingerprint density at radius 3 is 3.00 bits per heavy atom. The maximum Gasteiger partial charge on any atom is 0.228 e. The normalized spacial score (nSPS) is 20.6. The Bertz CT molecular complexity index is 427. The second-order valence-electron chi connectivity index (χ2n) is 3.77. The van der Waals surface area contributed by atoms with Gasteiger partial charge in [-0.15, -0.1) is 0 Å². The van der Waals surface area contributed by atoms with E-state index >= 15 is 0 Å². The van der Waals surface area contributed by atoms with Crippen molar-refractivity contribution in [3.8, 4) is 0 Å². The summed E-state index contributed by atoms with van der Waals surface area (Å²) in [5, 5.41) is 0.533. The van der Waals surface area contributed by atoms with Gasteiger partial charge in [-0.3, -0.25) is 9.69 Å². The first-order valence-electron chi connectivity index (χ1n) is 4.93. The number of amides is 1. The first-order valence-corrected chi connectivity index (χ1v) is 6.10. The van der Waals surface area contributed by atoms with Crippen molar-refractivity contribution >= 4 is 39.3 Å². The third-order valence-electron chi connectivity index (χ3n) is 2.61. The van der Waals surface area contributed by atoms with Gasteiger partial charge in [0, 0.05) is 23.6 Å². The Hall–Kier alpha value is -0.650. The van der Waals surface area contributed by atoms with Crippen LogP contribution >= 0.6 is 27.5 Å². The van der Waals surface area contributed by atoms with Gasteiger partial charge in [0.05, 0.1) is 5.02 Å². The molecule has 2 heterocycles. The van der Waals surface area contributed by atoms with Gasteiger partial charge in [0.1, 0.15) is 5.82 Å². The van der Waals surface area contributed by atoms with Gasteiger partial charge in [0.25, 0.3) is 0 Å². The number of pyridine rings is 1. The SMILES string of the molecule is NCC1CC(=O)N(c2cc(Br)c(Cl)cn2)C1. The number of carbonyl (C=O) groups excluding carboxylic acids is 1. The molecule has 6 heteroatoms. The molecule has 1 unspecified atom stereocenters. The van der Waals surface area contributed by atoms with E-state index < -0.39 is 0 Å². The van der Waals surface area contributed by atoms with Crippen LogP contribution < -0.4 is 10.6 Å². The molecule has 1 amide bonds. The Labute approximate surface area is 107 Å². The lowest BCUT2D eigenvalue weighted by Gasteiger charge is -2.15. The summed E-state index contributed by atoms with van der Waals surface area (Å²) in [7, 11) is 0. The van der Waals surface area contributed by atoms with E-state index in [0.717, 1.165) is 4.47 Å². The number of nitrogens with zero attached hydrogens (tertiary/aromatic N) is 2. The molecule has 1 atom stereocenters. The molecule has 1 aliphatic heterocycles. The van der Waals surface area contributed by atoms with Crippen LogP contribution in [0.15, 0.2) is 16.7 Å². The highest BCUT2D eigenvalue weighted by atomic mass is 79.9. The van der Waals surface area contributed by atoms with Crippen LogP contribution in [0.2, 0.25) is 5.02 Å². The summed E-state index contributed by atoms with van der Waals surface area (Å²) in [6.45, 7) is 1.16. The number of hydrogen-bond acceptors (Lipinski definition) is 3. The summed E-state index contributed by atoms with van der Waals surface area (Å²) < 4.78 is 0.739. The molecule has 16 heavy (non-hydrogen) atoms. The molecular formula is C10H11BrClN3O. The number of hydrogen-bond donors (Lipinski definition) is 1. The van der Waals surface area contributed by atoms with E-state index in [0.29, 0.717) is 30.4 Å². The lowest BCUT2D eigenvalue weighted by molar-refractivity contribution is -0.117. The molecule has 86 valence electrons. The number of nitrogens with two attached hydrogens (primary N) is 1. The van der Waals surface area contributed by atoms with Gasteiger partial charge < -0.3 is 5.73 Å². The third kappa shape index (κ3) is 2.21. The van der Waals surface area contributed by atoms with Crippen LogP contribution in [0.3, 0.4) is 0 Å². The van der Waals surface area contributed by atoms with E-state index in [1.807, 2.05) is 0 Å². The zero-order chi connectivity index (χ0) is 11.7. The molecule has 0 aromatic carbocycles. The van der Waals surface area contributed by atoms with Crippen LogP contribution in [0.5, 0.6) is 0 Å². The van der Waals surface area contributed by atoms with Crippen molar-refractivity contribution in [3.05, 3.63) is 21.8 Å². The van der Waals surface area contributed by atoms with Gasteiger partial charge in [-0.05, 0) is 34.5 Å². The lowest BCUT2D eigenvalue weighted by Crippen LogP contribution is -2.26. The van der Waals surface area contributed by atoms with E-state index in [9.17, 15) is 4.79 Å². The van der Waals surface area contributed by atoms with Gasteiger partial charge in [0.15, 0.2) is 0 Å². The van der Waals surface area contributed by atoms with Crippen molar-refractivity contribution in [3.63, 3.8) is 0 Å². The van der Waals surface area contributed by atoms with Crippen molar-refractivity contribution in [1.82, 2.24) is 4.98 Å². The van der Waals surface area contributed by atoms with E-state index in [2.05, 4.69) is 20.9 Å². The van der Waals surface area contributed by atoms with Crippen LogP contribution in [0, 0.1) is 5.92 Å². The number of carbonyl (C=O) groups is 1. The fraction of sp³-hybridized carbons (Fsp3) is 0.400. The first-order chi connectivity index (χ1) is 7.61. The Balaban J connectivity index is 2.24. The average molecular weight is 305 g/mol. The second-order valence-corrected chi connectivity index (χ2v) is 5.03. The van der Waals surface area contributed by atoms with Crippen LogP contribution in [0.25, 0.3) is 0 Å². The smallest absolute Gasteiger partial charge is 0.228 e. The molecule has 2 rings (SSSR count). The topological polar surface area (TPSA) is 59.2 Å². The minimum atomic E-state index is 0.0668. The van der Waals surface area contributed by atoms with E-state index in [1.165, 1.54) is 6.20 Å². The van der Waals surface area contributed by atoms with E-state index in [-0.39, 0.29) is 11.8 Å². The fourth-order valence-corrected chi connectivity index (χ4v) is 2.12. The Kier molecular flexibility index (Phi) is 3.47. The highest BCUT2D eigenvalue weighted by molar-refractivity contribution is 9.10. The van der Waals surface area contributed by atoms with E-state index in [1.54, 1.807) is 11.0 Å². The summed E-state index contributed by atoms with van der Waals surface area (Å²) in [4.78, 5) is 17.5. The summed E-state index contributed by atoms with van der Waals surface area (Å²) in [6, 6.07) is 1.75. The van der Waals surface area contributed by atoms with Crippen LogP contribution in [0.4, 0.5) is 5.82 Å². The maximum atomic E-state index is 11.7. The minimum absolute atomic E-state index is 0.0668. The molecule has 0 aliphatic carbocycles. The second kappa shape index (κ2) is 4.69. The molecule has 4 nitrogen and oxygen atoms in total. The molecule has 1 aromatic rings. The van der Waals surface area contributed by atoms with Gasteiger partial charge in [-0.25, -0.2) is 4.98 Å². The van der Waals surface area contributed by atoms with E-state index in [4.69, 9.17) is 17.3 Å². The molecule has 1 fully saturated rings. The van der Waals surface area contributed by atoms with Gasteiger partial charge >= 0.3 is 0 Å². The third-order valence-corrected chi connectivity index (χ3v) is 3.79. The highest BCUT2D eigenvalue weighted by Crippen LogP contribution is 2.28. The van der Waals surface area contributed by atoms with Crippen molar-refractivity contribution in [2.24, 2.45) is 11.7 Å². The van der Waals surface area contributed by atoms with Gasteiger partial charge in [-0.1, -0.05) is 11.6 Å². The average Bonchev–Trinajstić information content (AvgIpc) is 2.64. The number of halogens is 2. The summed E-state index contributed by atoms with van der Waals surface area (Å²) >= 11 is 9.16. The Morgan fingerprint density at radius 1 is 1.69 bits per heavy atom. The standard InChI is InChI=1S/C10H11BrClN3O/c11-7-2-9(14-4-8(7)12)15-5-6(3-13)1-10(15)16/h2,4,6H,1,3,5,13H2. The lowest BCUT2D eigenvalue weighted by atomic mass is 10.1. The van der Waals surface area contributed by atoms with Crippen molar-refractivity contribution < 1.29 is 4.79 Å². The number of rotatable bonds is 2. The van der Waals surface area contributed by atoms with Crippen molar-refractivity contribution in [2.75, 3.05) is 18.0 Å². The summed E-state index contributed by atoms with van der Waals surface area (Å²) in [6.07, 6.45) is 2.03. The largest absolute Gasteiger partial charge is 0.330 e. The van der Waals surface area contributed by atoms with Crippen LogP contribution in [-0.4, -0.2) is 24.0 Å². The number of aromatic nitrogens is 1. The molecule has 1 aliphatic rings. The highest BCUT2D eigenvalue weighted by Gasteiger charge is 2.30. The summed E-state index contributed by atoms with van der Waals surface area (Å²) in [5.41, 5.74) is 5.56. The fourth-order valence-electron chi connectivity index (χ4n) is 1.71. The molecule has 1 aromatic heterocycles. The maximum absolute atomic E-state index is 11.7. The molecule has 1 saturated heterocycles. The predicted octanol–water partition coefficient (Wildman–Crippen LogP) is 1.81. The van der Waals surface area contributed by atoms with Crippen molar-refractivity contribution in [2.45, 2.75) is 6.42 Å². The van der Waals surface area contributed by atoms with Crippen molar-refractivity contribution in [1.29, 1.82) is 0 Å². The molecule has 0 radical (unpaired) electrons. The molecular weight excluding hydrogens is 293 g/mol. The quantitative estimate of drug-likeness (QED) is 0.906. The minimum Gasteiger partial charge on any atom is -0.330 e. The van der Waals surface area contributed by atoms with Gasteiger partial charge in [0.2, 0.25) is 5.91 Å². The zero-order valence-electron chi connectivity index (χ0n) is 8.49. The molecule has 0 saturated carbocycles. The predicted molar refractivity (Wildman–Crippen MR) is 66.5 cm³/mol. The van der Waals surface area contributed by atoms with Crippen LogP contribution in [-0.2, 0) is 4.79 Å². The van der Waals surface area contributed by atoms with Crippen LogP contribution in [0.1, 0.15) is 6.42 Å². The molecule has 0 bridgehead atoms. The summed E-state index contributed by atoms with van der Waals surface area (Å²) in [5.74, 6) is 0.915. The monoisotopic (exact) mass is 303 g/mol. The molecule has 2 N–H and O–H groups in total. The zero-order valence-corrected chi connectivity index (χ0v) is 10.8. The number of anilines is 1. The molecule has 0 spiro atoms. The van der Waals surface area contributed by atoms with Gasteiger partial charge in [-0.2, -0.15) is 0 Å². The first kappa shape index (κ1) is 11.8. The Morgan fingerprint density at radius 2 is 2.44 bits per heavy atom.